The van der Waals surface area contributed by atoms with Gasteiger partial charge in [0.05, 0.1) is 7.11 Å². The van der Waals surface area contributed by atoms with Gasteiger partial charge in [0.25, 0.3) is 5.91 Å². The molecule has 1 N–H and O–H groups in total. The van der Waals surface area contributed by atoms with Crippen molar-refractivity contribution >= 4 is 17.5 Å². The molecule has 0 aliphatic carbocycles. The molecule has 0 unspecified atom stereocenters. The summed E-state index contributed by atoms with van der Waals surface area (Å²) in [6.45, 7) is 0.851. The van der Waals surface area contributed by atoms with Crippen molar-refractivity contribution in [2.45, 2.75) is 13.2 Å². The topological polar surface area (TPSA) is 47.6 Å². The SMILES string of the molecule is COc1cc(C(=O)NCc2ccccc2)ccc1OCc1ccc(Cl)cc1. The molecule has 27 heavy (non-hydrogen) atoms. The summed E-state index contributed by atoms with van der Waals surface area (Å²) in [5, 5.41) is 3.58. The average molecular weight is 382 g/mol. The van der Waals surface area contributed by atoms with Gasteiger partial charge in [0.2, 0.25) is 0 Å². The van der Waals surface area contributed by atoms with Crippen LogP contribution in [0.1, 0.15) is 21.5 Å². The number of amides is 1. The number of ether oxygens (including phenoxy) is 2. The molecule has 0 saturated carbocycles. The number of benzene rings is 3. The lowest BCUT2D eigenvalue weighted by Gasteiger charge is -2.12. The number of hydrogen-bond acceptors (Lipinski definition) is 3. The third-order valence-electron chi connectivity index (χ3n) is 4.03. The number of carbonyl (C=O) groups is 1. The number of methoxy groups -OCH3 is 1. The molecule has 0 fully saturated rings. The molecule has 3 rings (SSSR count). The van der Waals surface area contributed by atoms with Crippen LogP contribution in [-0.2, 0) is 13.2 Å². The van der Waals surface area contributed by atoms with E-state index in [1.54, 1.807) is 25.3 Å². The highest BCUT2D eigenvalue weighted by Gasteiger charge is 2.11. The van der Waals surface area contributed by atoms with Crippen LogP contribution >= 0.6 is 11.6 Å². The van der Waals surface area contributed by atoms with Crippen LogP contribution in [-0.4, -0.2) is 13.0 Å². The van der Waals surface area contributed by atoms with E-state index >= 15 is 0 Å². The van der Waals surface area contributed by atoms with E-state index in [-0.39, 0.29) is 5.91 Å². The average Bonchev–Trinajstić information content (AvgIpc) is 2.72. The van der Waals surface area contributed by atoms with Crippen molar-refractivity contribution in [3.63, 3.8) is 0 Å². The Labute approximate surface area is 163 Å². The van der Waals surface area contributed by atoms with Crippen molar-refractivity contribution in [2.24, 2.45) is 0 Å². The van der Waals surface area contributed by atoms with Crippen LogP contribution in [0.3, 0.4) is 0 Å². The monoisotopic (exact) mass is 381 g/mol. The van der Waals surface area contributed by atoms with Crippen LogP contribution in [0.2, 0.25) is 5.02 Å². The van der Waals surface area contributed by atoms with Gasteiger partial charge in [0.1, 0.15) is 6.61 Å². The van der Waals surface area contributed by atoms with Crippen LogP contribution in [0, 0.1) is 0 Å². The molecule has 0 radical (unpaired) electrons. The van der Waals surface area contributed by atoms with Crippen LogP contribution in [0.15, 0.2) is 72.8 Å². The summed E-state index contributed by atoms with van der Waals surface area (Å²) in [4.78, 5) is 12.4. The zero-order valence-corrected chi connectivity index (χ0v) is 15.7. The first-order chi connectivity index (χ1) is 13.2. The van der Waals surface area contributed by atoms with Gasteiger partial charge < -0.3 is 14.8 Å². The van der Waals surface area contributed by atoms with Crippen molar-refractivity contribution in [1.82, 2.24) is 5.32 Å². The van der Waals surface area contributed by atoms with Crippen molar-refractivity contribution in [3.8, 4) is 11.5 Å². The Balaban J connectivity index is 1.64. The lowest BCUT2D eigenvalue weighted by Crippen LogP contribution is -2.22. The summed E-state index contributed by atoms with van der Waals surface area (Å²) in [6, 6.07) is 22.3. The summed E-state index contributed by atoms with van der Waals surface area (Å²) in [5.74, 6) is 0.921. The molecule has 3 aromatic carbocycles. The maximum absolute atomic E-state index is 12.4. The highest BCUT2D eigenvalue weighted by atomic mass is 35.5. The van der Waals surface area contributed by atoms with Crippen LogP contribution in [0.25, 0.3) is 0 Å². The molecule has 0 spiro atoms. The minimum absolute atomic E-state index is 0.165. The van der Waals surface area contributed by atoms with Crippen LogP contribution in [0.4, 0.5) is 0 Å². The summed E-state index contributed by atoms with van der Waals surface area (Å²) in [6.07, 6.45) is 0. The minimum Gasteiger partial charge on any atom is -0.493 e. The Kier molecular flexibility index (Phi) is 6.34. The highest BCUT2D eigenvalue weighted by Crippen LogP contribution is 2.29. The van der Waals surface area contributed by atoms with Crippen LogP contribution in [0.5, 0.6) is 11.5 Å². The van der Waals surface area contributed by atoms with Gasteiger partial charge >= 0.3 is 0 Å². The lowest BCUT2D eigenvalue weighted by molar-refractivity contribution is 0.0950. The second-order valence-electron chi connectivity index (χ2n) is 5.95. The number of carbonyl (C=O) groups excluding carboxylic acids is 1. The maximum atomic E-state index is 12.4. The molecule has 138 valence electrons. The molecule has 5 heteroatoms. The quantitative estimate of drug-likeness (QED) is 0.636. The van der Waals surface area contributed by atoms with Gasteiger partial charge in [0.15, 0.2) is 11.5 Å². The summed E-state index contributed by atoms with van der Waals surface area (Å²) in [7, 11) is 1.55. The van der Waals surface area contributed by atoms with E-state index in [1.165, 1.54) is 0 Å². The van der Waals surface area contributed by atoms with E-state index < -0.39 is 0 Å². The summed E-state index contributed by atoms with van der Waals surface area (Å²) in [5.41, 5.74) is 2.55. The standard InChI is InChI=1S/C22H20ClNO3/c1-26-21-13-18(22(25)24-14-16-5-3-2-4-6-16)9-12-20(21)27-15-17-7-10-19(23)11-8-17/h2-13H,14-15H2,1H3,(H,24,25). The number of halogens is 1. The van der Waals surface area contributed by atoms with Crippen molar-refractivity contribution < 1.29 is 14.3 Å². The minimum atomic E-state index is -0.165. The maximum Gasteiger partial charge on any atom is 0.251 e. The van der Waals surface area contributed by atoms with E-state index in [4.69, 9.17) is 21.1 Å². The molecule has 0 saturated heterocycles. The Bertz CT molecular complexity index is 895. The normalized spacial score (nSPS) is 10.3. The Morgan fingerprint density at radius 3 is 2.37 bits per heavy atom. The zero-order valence-electron chi connectivity index (χ0n) is 14.9. The van der Waals surface area contributed by atoms with E-state index in [9.17, 15) is 4.79 Å². The van der Waals surface area contributed by atoms with Gasteiger partial charge in [-0.15, -0.1) is 0 Å². The third-order valence-corrected chi connectivity index (χ3v) is 4.28. The van der Waals surface area contributed by atoms with Gasteiger partial charge in [-0.3, -0.25) is 4.79 Å². The molecule has 0 aromatic heterocycles. The van der Waals surface area contributed by atoms with Gasteiger partial charge in [-0.2, -0.15) is 0 Å². The first kappa shape index (κ1) is 18.8. The molecule has 0 aliphatic rings. The van der Waals surface area contributed by atoms with Gasteiger partial charge in [-0.25, -0.2) is 0 Å². The Morgan fingerprint density at radius 2 is 1.67 bits per heavy atom. The molecule has 3 aromatic rings. The van der Waals surface area contributed by atoms with Crippen molar-refractivity contribution in [1.29, 1.82) is 0 Å². The molecule has 0 aliphatic heterocycles. The highest BCUT2D eigenvalue weighted by molar-refractivity contribution is 6.30. The number of hydrogen-bond donors (Lipinski definition) is 1. The van der Waals surface area contributed by atoms with Crippen LogP contribution < -0.4 is 14.8 Å². The molecular weight excluding hydrogens is 362 g/mol. The predicted octanol–water partition coefficient (Wildman–Crippen LogP) is 4.86. The third kappa shape index (κ3) is 5.25. The molecule has 0 heterocycles. The summed E-state index contributed by atoms with van der Waals surface area (Å²) < 4.78 is 11.2. The number of rotatable bonds is 7. The van der Waals surface area contributed by atoms with E-state index in [0.29, 0.717) is 35.2 Å². The van der Waals surface area contributed by atoms with E-state index in [1.807, 2.05) is 54.6 Å². The first-order valence-electron chi connectivity index (χ1n) is 8.53. The Hall–Kier alpha value is -2.98. The zero-order chi connectivity index (χ0) is 19.1. The second-order valence-corrected chi connectivity index (χ2v) is 6.39. The molecule has 4 nitrogen and oxygen atoms in total. The fraction of sp³-hybridized carbons (Fsp3) is 0.136. The van der Waals surface area contributed by atoms with Gasteiger partial charge in [-0.1, -0.05) is 54.1 Å². The van der Waals surface area contributed by atoms with Gasteiger partial charge in [0, 0.05) is 17.1 Å². The van der Waals surface area contributed by atoms with E-state index in [2.05, 4.69) is 5.32 Å². The lowest BCUT2D eigenvalue weighted by atomic mass is 10.1. The smallest absolute Gasteiger partial charge is 0.251 e. The predicted molar refractivity (Wildman–Crippen MR) is 106 cm³/mol. The van der Waals surface area contributed by atoms with Crippen molar-refractivity contribution in [2.75, 3.05) is 7.11 Å². The molecule has 1 amide bonds. The largest absolute Gasteiger partial charge is 0.493 e. The first-order valence-corrected chi connectivity index (χ1v) is 8.91. The van der Waals surface area contributed by atoms with Crippen molar-refractivity contribution in [3.05, 3.63) is 94.5 Å². The Morgan fingerprint density at radius 1 is 0.926 bits per heavy atom. The molecule has 0 atom stereocenters. The fourth-order valence-corrected chi connectivity index (χ4v) is 2.68. The molecular formula is C22H20ClNO3. The fourth-order valence-electron chi connectivity index (χ4n) is 2.55. The summed E-state index contributed by atoms with van der Waals surface area (Å²) >= 11 is 5.89. The van der Waals surface area contributed by atoms with E-state index in [0.717, 1.165) is 11.1 Å². The number of nitrogens with one attached hydrogen (secondary N) is 1. The second kappa shape index (κ2) is 9.10. The molecule has 0 bridgehead atoms. The van der Waals surface area contributed by atoms with Gasteiger partial charge in [-0.05, 0) is 41.5 Å².